The van der Waals surface area contributed by atoms with Crippen LogP contribution in [0.4, 0.5) is 0 Å². The maximum absolute atomic E-state index is 8.56. The van der Waals surface area contributed by atoms with E-state index in [1.165, 1.54) is 0 Å². The molecule has 0 amide bonds. The van der Waals surface area contributed by atoms with E-state index in [9.17, 15) is 0 Å². The van der Waals surface area contributed by atoms with Crippen molar-refractivity contribution in [1.29, 1.82) is 0 Å². The second-order valence-electron chi connectivity index (χ2n) is 5.80. The van der Waals surface area contributed by atoms with E-state index in [4.69, 9.17) is 30.6 Å². The van der Waals surface area contributed by atoms with E-state index < -0.39 is 0 Å². The van der Waals surface area contributed by atoms with Crippen LogP contribution in [0.2, 0.25) is 0 Å². The summed E-state index contributed by atoms with van der Waals surface area (Å²) in [6.07, 6.45) is -0.833. The Kier molecular flexibility index (Phi) is 26.9. The van der Waals surface area contributed by atoms with Crippen molar-refractivity contribution in [2.75, 3.05) is 0 Å². The topological polar surface area (TPSA) is 121 Å². The van der Waals surface area contributed by atoms with Gasteiger partial charge >= 0.3 is 0 Å². The fourth-order valence-corrected chi connectivity index (χ4v) is 1.48. The quantitative estimate of drug-likeness (QED) is 0.354. The van der Waals surface area contributed by atoms with E-state index in [0.717, 1.165) is 0 Å². The van der Waals surface area contributed by atoms with Crippen LogP contribution in [0, 0.1) is 0 Å². The number of hydrogen-bond acceptors (Lipinski definition) is 6. The number of aliphatic hydroxyl groups excluding tert-OH is 6. The van der Waals surface area contributed by atoms with Crippen LogP contribution in [-0.4, -0.2) is 67.3 Å². The monoisotopic (exact) mass is 410 g/mol. The molecule has 6 unspecified atom stereocenters. The summed E-state index contributed by atoms with van der Waals surface area (Å²) in [4.78, 5) is 0. The summed E-state index contributed by atoms with van der Waals surface area (Å²) in [5.41, 5.74) is 0. The van der Waals surface area contributed by atoms with Gasteiger partial charge in [0.1, 0.15) is 0 Å². The molecule has 22 heavy (non-hydrogen) atoms. The third kappa shape index (κ3) is 49.9. The Bertz CT molecular complexity index is 145. The molecule has 138 valence electrons. The van der Waals surface area contributed by atoms with Crippen molar-refractivity contribution in [2.24, 2.45) is 0 Å². The summed E-state index contributed by atoms with van der Waals surface area (Å²) in [7, 11) is 0. The van der Waals surface area contributed by atoms with Crippen LogP contribution in [0.1, 0.15) is 60.8 Å². The zero-order valence-corrected chi connectivity index (χ0v) is 16.7. The third-order valence-corrected chi connectivity index (χ3v) is 2.05. The molecule has 6 nitrogen and oxygen atoms in total. The zero-order valence-electron chi connectivity index (χ0n) is 14.7. The first-order chi connectivity index (χ1) is 9.38. The molecule has 0 bridgehead atoms. The van der Waals surface area contributed by atoms with Crippen LogP contribution in [0.3, 0.4) is 0 Å². The van der Waals surface area contributed by atoms with Crippen molar-refractivity contribution >= 4 is 0 Å². The summed E-state index contributed by atoms with van der Waals surface area (Å²) in [6.45, 7) is 9.96. The van der Waals surface area contributed by atoms with E-state index >= 15 is 0 Å². The van der Waals surface area contributed by atoms with Gasteiger partial charge in [-0.2, -0.15) is 0 Å². The number of rotatable bonds is 6. The van der Waals surface area contributed by atoms with Gasteiger partial charge in [0.25, 0.3) is 0 Å². The SMILES string of the molecule is CC(O)CC(C)O.CC(O)CC(C)O.CC(O)CC(C)O.[Mo]. The predicted octanol–water partition coefficient (Wildman–Crippen LogP) is 0.412. The Hall–Kier alpha value is 0.448. The molecule has 0 fully saturated rings. The van der Waals surface area contributed by atoms with E-state index in [1.807, 2.05) is 0 Å². The molecule has 0 saturated heterocycles. The van der Waals surface area contributed by atoms with Crippen LogP contribution in [0.5, 0.6) is 0 Å². The summed E-state index contributed by atoms with van der Waals surface area (Å²) in [5, 5.41) is 51.4. The average Bonchev–Trinajstić information content (AvgIpc) is 2.10. The van der Waals surface area contributed by atoms with Crippen LogP contribution in [0.25, 0.3) is 0 Å². The summed E-state index contributed by atoms with van der Waals surface area (Å²) in [5.74, 6) is 0. The first-order valence-corrected chi connectivity index (χ1v) is 7.46. The van der Waals surface area contributed by atoms with Gasteiger partial charge in [0.05, 0.1) is 36.6 Å². The molecule has 0 saturated carbocycles. The van der Waals surface area contributed by atoms with Crippen molar-refractivity contribution in [2.45, 2.75) is 97.4 Å². The van der Waals surface area contributed by atoms with Crippen LogP contribution >= 0.6 is 0 Å². The maximum atomic E-state index is 8.56. The molecular weight excluding hydrogens is 372 g/mol. The smallest absolute Gasteiger partial charge is 0.0536 e. The number of aliphatic hydroxyl groups is 6. The minimum atomic E-state index is -0.375. The molecule has 0 radical (unpaired) electrons. The van der Waals surface area contributed by atoms with Crippen molar-refractivity contribution in [1.82, 2.24) is 0 Å². The van der Waals surface area contributed by atoms with Gasteiger partial charge in [-0.3, -0.25) is 0 Å². The van der Waals surface area contributed by atoms with Gasteiger partial charge in [0.15, 0.2) is 0 Å². The van der Waals surface area contributed by atoms with E-state index in [0.29, 0.717) is 19.3 Å². The molecule has 0 aromatic carbocycles. The normalized spacial score (nSPS) is 18.0. The van der Waals surface area contributed by atoms with Gasteiger partial charge < -0.3 is 30.6 Å². The second-order valence-corrected chi connectivity index (χ2v) is 5.80. The molecule has 7 heteroatoms. The van der Waals surface area contributed by atoms with Crippen LogP contribution in [-0.2, 0) is 21.1 Å². The molecule has 6 atom stereocenters. The number of hydrogen-bond donors (Lipinski definition) is 6. The van der Waals surface area contributed by atoms with Gasteiger partial charge in [-0.15, -0.1) is 0 Å². The minimum absolute atomic E-state index is 0. The Morgan fingerprint density at radius 2 is 0.500 bits per heavy atom. The summed E-state index contributed by atoms with van der Waals surface area (Å²) >= 11 is 0. The molecule has 0 aliphatic carbocycles. The third-order valence-electron chi connectivity index (χ3n) is 2.05. The van der Waals surface area contributed by atoms with Gasteiger partial charge in [-0.25, -0.2) is 0 Å². The van der Waals surface area contributed by atoms with Crippen molar-refractivity contribution in [3.8, 4) is 0 Å². The Morgan fingerprint density at radius 1 is 0.409 bits per heavy atom. The molecule has 0 rings (SSSR count). The summed E-state index contributed by atoms with van der Waals surface area (Å²) in [6, 6.07) is 0. The molecule has 0 aliphatic rings. The minimum Gasteiger partial charge on any atom is -0.393 e. The molecule has 0 aliphatic heterocycles. The van der Waals surface area contributed by atoms with Crippen LogP contribution in [0.15, 0.2) is 0 Å². The van der Waals surface area contributed by atoms with Gasteiger partial charge in [-0.05, 0) is 60.8 Å². The molecular formula is C15H36MoO6. The Morgan fingerprint density at radius 3 is 0.500 bits per heavy atom. The first-order valence-electron chi connectivity index (χ1n) is 7.46. The first kappa shape index (κ1) is 30.3. The molecule has 0 spiro atoms. The molecule has 0 aromatic rings. The Balaban J connectivity index is -0.000000108. The zero-order chi connectivity index (χ0) is 17.6. The predicted molar refractivity (Wildman–Crippen MR) is 83.9 cm³/mol. The molecule has 0 aromatic heterocycles. The second kappa shape index (κ2) is 19.5. The van der Waals surface area contributed by atoms with E-state index in [1.54, 1.807) is 41.5 Å². The standard InChI is InChI=1S/3C5H12O2.Mo/c3*1-4(6)3-5(2)7;/h3*4-7H,3H2,1-2H3;. The van der Waals surface area contributed by atoms with Crippen molar-refractivity contribution in [3.63, 3.8) is 0 Å². The Labute approximate surface area is 149 Å². The fraction of sp³-hybridized carbons (Fsp3) is 1.00. The summed E-state index contributed by atoms with van der Waals surface area (Å²) < 4.78 is 0. The fourth-order valence-electron chi connectivity index (χ4n) is 1.48. The van der Waals surface area contributed by atoms with Gasteiger partial charge in [-0.1, -0.05) is 0 Å². The van der Waals surface area contributed by atoms with Crippen molar-refractivity contribution in [3.05, 3.63) is 0 Å². The van der Waals surface area contributed by atoms with E-state index in [2.05, 4.69) is 0 Å². The van der Waals surface area contributed by atoms with E-state index in [-0.39, 0.29) is 57.7 Å². The molecule has 0 heterocycles. The maximum Gasteiger partial charge on any atom is 0.0536 e. The van der Waals surface area contributed by atoms with Crippen LogP contribution < -0.4 is 0 Å². The van der Waals surface area contributed by atoms with Gasteiger partial charge in [0.2, 0.25) is 0 Å². The molecule has 6 N–H and O–H groups in total. The van der Waals surface area contributed by atoms with Gasteiger partial charge in [0, 0.05) is 21.1 Å². The average molecular weight is 408 g/mol. The largest absolute Gasteiger partial charge is 0.393 e. The van der Waals surface area contributed by atoms with Crippen molar-refractivity contribution < 1.29 is 51.7 Å².